The highest BCUT2D eigenvalue weighted by molar-refractivity contribution is 5.81. The number of rotatable bonds is 4. The largest absolute Gasteiger partial charge is 0.445 e. The first-order valence-corrected chi connectivity index (χ1v) is 10.2. The zero-order valence-electron chi connectivity index (χ0n) is 17.4. The molecule has 0 bridgehead atoms. The molecule has 1 N–H and O–H groups in total. The van der Waals surface area contributed by atoms with Gasteiger partial charge in [-0.3, -0.25) is 0 Å². The second-order valence-electron chi connectivity index (χ2n) is 7.97. The average molecular weight is 396 g/mol. The summed E-state index contributed by atoms with van der Waals surface area (Å²) in [6.45, 7) is 5.26. The van der Waals surface area contributed by atoms with Gasteiger partial charge in [-0.25, -0.2) is 4.79 Å². The lowest BCUT2D eigenvalue weighted by atomic mass is 9.82. The molecule has 150 valence electrons. The second-order valence-corrected chi connectivity index (χ2v) is 7.97. The minimum Gasteiger partial charge on any atom is -0.445 e. The van der Waals surface area contributed by atoms with Crippen molar-refractivity contribution in [2.75, 3.05) is 6.54 Å². The van der Waals surface area contributed by atoms with E-state index in [1.165, 1.54) is 22.3 Å². The van der Waals surface area contributed by atoms with Crippen molar-refractivity contribution < 1.29 is 9.53 Å². The fraction of sp³-hybridized carbons (Fsp3) is 0.222. The standard InChI is InChI=1S/C27H25NO2/c1-27(2)24-14-7-6-13-22(24)23-16-15-20(18-25(23)27)10-8-9-17-28-26(29)30-19-21-11-4-3-5-12-21/h3-7,11-16,18H,9,17,19H2,1-2H3,(H,28,29). The molecule has 3 aromatic rings. The maximum Gasteiger partial charge on any atom is 0.407 e. The van der Waals surface area contributed by atoms with Gasteiger partial charge < -0.3 is 10.1 Å². The number of fused-ring (bicyclic) bond motifs is 3. The van der Waals surface area contributed by atoms with Gasteiger partial charge in [-0.2, -0.15) is 0 Å². The topological polar surface area (TPSA) is 38.3 Å². The van der Waals surface area contributed by atoms with Crippen molar-refractivity contribution in [2.45, 2.75) is 32.3 Å². The van der Waals surface area contributed by atoms with Crippen LogP contribution in [0.1, 0.15) is 42.5 Å². The molecule has 0 aliphatic heterocycles. The van der Waals surface area contributed by atoms with Gasteiger partial charge in [0, 0.05) is 23.9 Å². The molecule has 4 rings (SSSR count). The number of hydrogen-bond donors (Lipinski definition) is 1. The Morgan fingerprint density at radius 1 is 0.933 bits per heavy atom. The molecular weight excluding hydrogens is 370 g/mol. The van der Waals surface area contributed by atoms with Crippen molar-refractivity contribution >= 4 is 6.09 Å². The zero-order valence-corrected chi connectivity index (χ0v) is 17.4. The molecule has 0 saturated carbocycles. The third-order valence-electron chi connectivity index (χ3n) is 5.55. The molecule has 0 saturated heterocycles. The van der Waals surface area contributed by atoms with Gasteiger partial charge in [-0.1, -0.05) is 86.4 Å². The summed E-state index contributed by atoms with van der Waals surface area (Å²) in [5.41, 5.74) is 7.24. The summed E-state index contributed by atoms with van der Waals surface area (Å²) in [6.07, 6.45) is 0.152. The first-order valence-electron chi connectivity index (χ1n) is 10.2. The molecule has 0 unspecified atom stereocenters. The van der Waals surface area contributed by atoms with Crippen LogP contribution in [0.5, 0.6) is 0 Å². The molecule has 0 aromatic heterocycles. The van der Waals surface area contributed by atoms with Gasteiger partial charge in [0.2, 0.25) is 0 Å². The van der Waals surface area contributed by atoms with Crippen molar-refractivity contribution in [3.63, 3.8) is 0 Å². The van der Waals surface area contributed by atoms with Crippen LogP contribution >= 0.6 is 0 Å². The highest BCUT2D eigenvalue weighted by Gasteiger charge is 2.34. The van der Waals surface area contributed by atoms with E-state index in [4.69, 9.17) is 4.74 Å². The van der Waals surface area contributed by atoms with E-state index in [0.29, 0.717) is 13.0 Å². The van der Waals surface area contributed by atoms with Gasteiger partial charge in [0.25, 0.3) is 0 Å². The summed E-state index contributed by atoms with van der Waals surface area (Å²) in [5, 5.41) is 2.74. The molecule has 0 spiro atoms. The van der Waals surface area contributed by atoms with Crippen molar-refractivity contribution in [2.24, 2.45) is 0 Å². The Morgan fingerprint density at radius 3 is 2.50 bits per heavy atom. The van der Waals surface area contributed by atoms with Crippen molar-refractivity contribution in [1.82, 2.24) is 5.32 Å². The summed E-state index contributed by atoms with van der Waals surface area (Å²) in [4.78, 5) is 11.8. The van der Waals surface area contributed by atoms with Crippen LogP contribution in [0.25, 0.3) is 11.1 Å². The summed E-state index contributed by atoms with van der Waals surface area (Å²) < 4.78 is 5.20. The predicted octanol–water partition coefficient (Wildman–Crippen LogP) is 5.66. The molecule has 1 aliphatic carbocycles. The number of carbonyl (C=O) groups is 1. The summed E-state index contributed by atoms with van der Waals surface area (Å²) >= 11 is 0. The third-order valence-corrected chi connectivity index (χ3v) is 5.55. The lowest BCUT2D eigenvalue weighted by Gasteiger charge is -2.21. The van der Waals surface area contributed by atoms with Crippen LogP contribution in [-0.2, 0) is 16.8 Å². The SMILES string of the molecule is CC1(C)c2ccccc2-c2ccc(C#CCCNC(=O)OCc3ccccc3)cc21. The molecule has 3 heteroatoms. The fourth-order valence-corrected chi connectivity index (χ4v) is 3.95. The molecule has 1 aliphatic rings. The third kappa shape index (κ3) is 4.09. The highest BCUT2D eigenvalue weighted by Crippen LogP contribution is 2.48. The fourth-order valence-electron chi connectivity index (χ4n) is 3.95. The highest BCUT2D eigenvalue weighted by atomic mass is 16.5. The second kappa shape index (κ2) is 8.47. The predicted molar refractivity (Wildman–Crippen MR) is 120 cm³/mol. The number of amides is 1. The lowest BCUT2D eigenvalue weighted by Crippen LogP contribution is -2.24. The van der Waals surface area contributed by atoms with Crippen LogP contribution in [0.15, 0.2) is 72.8 Å². The van der Waals surface area contributed by atoms with E-state index in [1.54, 1.807) is 0 Å². The van der Waals surface area contributed by atoms with Gasteiger partial charge in [-0.15, -0.1) is 0 Å². The van der Waals surface area contributed by atoms with Crippen LogP contribution in [-0.4, -0.2) is 12.6 Å². The van der Waals surface area contributed by atoms with Gasteiger partial charge in [0.1, 0.15) is 6.61 Å². The molecular formula is C27H25NO2. The maximum absolute atomic E-state index is 11.8. The van der Waals surface area contributed by atoms with Crippen molar-refractivity contribution in [3.8, 4) is 23.0 Å². The number of ether oxygens (including phenoxy) is 1. The average Bonchev–Trinajstić information content (AvgIpc) is 3.00. The number of alkyl carbamates (subject to hydrolysis) is 1. The van der Waals surface area contributed by atoms with E-state index in [-0.39, 0.29) is 12.0 Å². The molecule has 3 aromatic carbocycles. The number of benzene rings is 3. The summed E-state index contributed by atoms with van der Waals surface area (Å²) in [6, 6.07) is 24.7. The summed E-state index contributed by atoms with van der Waals surface area (Å²) in [7, 11) is 0. The van der Waals surface area contributed by atoms with Crippen LogP contribution in [0.2, 0.25) is 0 Å². The van der Waals surface area contributed by atoms with Gasteiger partial charge in [-0.05, 0) is 39.9 Å². The number of nitrogens with one attached hydrogen (secondary N) is 1. The van der Waals surface area contributed by atoms with Gasteiger partial charge >= 0.3 is 6.09 Å². The summed E-state index contributed by atoms with van der Waals surface area (Å²) in [5.74, 6) is 6.38. The molecule has 0 radical (unpaired) electrons. The first-order chi connectivity index (χ1) is 14.6. The van der Waals surface area contributed by atoms with Crippen LogP contribution < -0.4 is 5.32 Å². The maximum atomic E-state index is 11.8. The smallest absolute Gasteiger partial charge is 0.407 e. The van der Waals surface area contributed by atoms with Gasteiger partial charge in [0.05, 0.1) is 0 Å². The van der Waals surface area contributed by atoms with Crippen molar-refractivity contribution in [3.05, 3.63) is 95.1 Å². The van der Waals surface area contributed by atoms with Gasteiger partial charge in [0.15, 0.2) is 0 Å². The van der Waals surface area contributed by atoms with E-state index < -0.39 is 6.09 Å². The minimum atomic E-state index is -0.419. The Morgan fingerprint density at radius 2 is 1.67 bits per heavy atom. The Kier molecular flexibility index (Phi) is 5.59. The normalized spacial score (nSPS) is 12.9. The molecule has 3 nitrogen and oxygen atoms in total. The van der Waals surface area contributed by atoms with Crippen LogP contribution in [0, 0.1) is 11.8 Å². The van der Waals surface area contributed by atoms with Crippen LogP contribution in [0.3, 0.4) is 0 Å². The Balaban J connectivity index is 1.31. The molecule has 30 heavy (non-hydrogen) atoms. The monoisotopic (exact) mass is 395 g/mol. The van der Waals surface area contributed by atoms with Crippen LogP contribution in [0.4, 0.5) is 4.79 Å². The Labute approximate surface area is 178 Å². The molecule has 1 amide bonds. The quantitative estimate of drug-likeness (QED) is 0.457. The number of carbonyl (C=O) groups excluding carboxylic acids is 1. The van der Waals surface area contributed by atoms with E-state index >= 15 is 0 Å². The minimum absolute atomic E-state index is 0.0202. The van der Waals surface area contributed by atoms with E-state index in [9.17, 15) is 4.79 Å². The van der Waals surface area contributed by atoms with E-state index in [1.807, 2.05) is 30.3 Å². The molecule has 0 heterocycles. The lowest BCUT2D eigenvalue weighted by molar-refractivity contribution is 0.140. The van der Waals surface area contributed by atoms with Crippen molar-refractivity contribution in [1.29, 1.82) is 0 Å². The zero-order chi connectivity index (χ0) is 21.0. The first kappa shape index (κ1) is 19.8. The molecule has 0 fully saturated rings. The number of hydrogen-bond acceptors (Lipinski definition) is 2. The molecule has 0 atom stereocenters. The Bertz CT molecular complexity index is 1120. The van der Waals surface area contributed by atoms with E-state index in [2.05, 4.69) is 73.5 Å². The Hall–Kier alpha value is -3.51. The van der Waals surface area contributed by atoms with E-state index in [0.717, 1.165) is 11.1 Å².